The summed E-state index contributed by atoms with van der Waals surface area (Å²) in [6.45, 7) is 5.25. The minimum atomic E-state index is -0.0375. The van der Waals surface area contributed by atoms with Crippen LogP contribution in [0.3, 0.4) is 0 Å². The van der Waals surface area contributed by atoms with E-state index in [4.69, 9.17) is 0 Å². The molecule has 2 rings (SSSR count). The van der Waals surface area contributed by atoms with Crippen molar-refractivity contribution in [3.05, 3.63) is 29.3 Å². The highest BCUT2D eigenvalue weighted by Gasteiger charge is 2.27. The summed E-state index contributed by atoms with van der Waals surface area (Å²) >= 11 is 0. The van der Waals surface area contributed by atoms with Crippen molar-refractivity contribution in [2.45, 2.75) is 33.1 Å². The van der Waals surface area contributed by atoms with Crippen LogP contribution in [-0.2, 0) is 11.2 Å². The number of rotatable bonds is 4. The quantitative estimate of drug-likeness (QED) is 0.901. The lowest BCUT2D eigenvalue weighted by Crippen LogP contribution is -2.28. The van der Waals surface area contributed by atoms with Crippen LogP contribution in [0, 0.1) is 0 Å². The Morgan fingerprint density at radius 3 is 2.79 bits per heavy atom. The Kier molecular flexibility index (Phi) is 4.20. The standard InChI is InChI=1S/C15H20N2O2/c1-3-9-16-15(19)12-6-5-7-13-11(12)8-10-17(13)14(18)4-2/h5-7H,3-4,8-10H2,1-2H3,(H,16,19). The molecule has 1 N–H and O–H groups in total. The highest BCUT2D eigenvalue weighted by Crippen LogP contribution is 2.31. The molecule has 1 aliphatic heterocycles. The van der Waals surface area contributed by atoms with E-state index in [-0.39, 0.29) is 11.8 Å². The van der Waals surface area contributed by atoms with Crippen molar-refractivity contribution in [1.82, 2.24) is 5.32 Å². The molecule has 1 aromatic carbocycles. The third-order valence-electron chi connectivity index (χ3n) is 3.41. The first-order valence-electron chi connectivity index (χ1n) is 6.89. The third kappa shape index (κ3) is 2.62. The summed E-state index contributed by atoms with van der Waals surface area (Å²) in [6, 6.07) is 5.61. The molecular weight excluding hydrogens is 240 g/mol. The van der Waals surface area contributed by atoms with E-state index in [1.54, 1.807) is 4.90 Å². The number of hydrogen-bond acceptors (Lipinski definition) is 2. The van der Waals surface area contributed by atoms with Gasteiger partial charge < -0.3 is 10.2 Å². The molecule has 1 aliphatic rings. The van der Waals surface area contributed by atoms with Crippen LogP contribution < -0.4 is 10.2 Å². The van der Waals surface area contributed by atoms with Crippen LogP contribution in [0.15, 0.2) is 18.2 Å². The highest BCUT2D eigenvalue weighted by atomic mass is 16.2. The molecule has 1 aromatic rings. The zero-order chi connectivity index (χ0) is 13.8. The fraction of sp³-hybridized carbons (Fsp3) is 0.467. The van der Waals surface area contributed by atoms with Crippen LogP contribution in [0.25, 0.3) is 0 Å². The van der Waals surface area contributed by atoms with Gasteiger partial charge in [0.15, 0.2) is 0 Å². The lowest BCUT2D eigenvalue weighted by molar-refractivity contribution is -0.118. The van der Waals surface area contributed by atoms with Crippen LogP contribution in [0.5, 0.6) is 0 Å². The van der Waals surface area contributed by atoms with E-state index in [9.17, 15) is 9.59 Å². The topological polar surface area (TPSA) is 49.4 Å². The minimum Gasteiger partial charge on any atom is -0.352 e. The number of fused-ring (bicyclic) bond motifs is 1. The Bertz CT molecular complexity index is 497. The number of carbonyl (C=O) groups is 2. The molecule has 0 saturated heterocycles. The molecular formula is C15H20N2O2. The molecule has 0 unspecified atom stereocenters. The Hall–Kier alpha value is -1.84. The van der Waals surface area contributed by atoms with Crippen LogP contribution in [0.4, 0.5) is 5.69 Å². The van der Waals surface area contributed by atoms with Gasteiger partial charge >= 0.3 is 0 Å². The van der Waals surface area contributed by atoms with Crippen molar-refractivity contribution in [3.8, 4) is 0 Å². The summed E-state index contributed by atoms with van der Waals surface area (Å²) < 4.78 is 0. The first-order chi connectivity index (χ1) is 9.19. The van der Waals surface area contributed by atoms with Crippen molar-refractivity contribution >= 4 is 17.5 Å². The average molecular weight is 260 g/mol. The summed E-state index contributed by atoms with van der Waals surface area (Å²) in [7, 11) is 0. The Labute approximate surface area is 113 Å². The van der Waals surface area contributed by atoms with Gasteiger partial charge in [-0.25, -0.2) is 0 Å². The molecule has 0 aliphatic carbocycles. The lowest BCUT2D eigenvalue weighted by Gasteiger charge is -2.16. The Balaban J connectivity index is 2.28. The van der Waals surface area contributed by atoms with Gasteiger partial charge in [0.05, 0.1) is 0 Å². The molecule has 0 saturated carbocycles. The van der Waals surface area contributed by atoms with Crippen molar-refractivity contribution < 1.29 is 9.59 Å². The van der Waals surface area contributed by atoms with E-state index in [2.05, 4.69) is 5.32 Å². The van der Waals surface area contributed by atoms with E-state index in [0.717, 1.165) is 24.1 Å². The van der Waals surface area contributed by atoms with Gasteiger partial charge in [-0.3, -0.25) is 9.59 Å². The summed E-state index contributed by atoms with van der Waals surface area (Å²) in [4.78, 5) is 25.7. The molecule has 19 heavy (non-hydrogen) atoms. The first kappa shape index (κ1) is 13.6. The van der Waals surface area contributed by atoms with E-state index in [1.165, 1.54) is 0 Å². The van der Waals surface area contributed by atoms with Gasteiger partial charge in [0.1, 0.15) is 0 Å². The Morgan fingerprint density at radius 2 is 2.11 bits per heavy atom. The van der Waals surface area contributed by atoms with Gasteiger partial charge in [0.2, 0.25) is 5.91 Å². The molecule has 102 valence electrons. The van der Waals surface area contributed by atoms with Crippen molar-refractivity contribution in [2.24, 2.45) is 0 Å². The lowest BCUT2D eigenvalue weighted by atomic mass is 10.0. The maximum absolute atomic E-state index is 12.1. The normalized spacial score (nSPS) is 13.3. The maximum Gasteiger partial charge on any atom is 0.251 e. The number of hydrogen-bond donors (Lipinski definition) is 1. The van der Waals surface area contributed by atoms with Gasteiger partial charge in [-0.1, -0.05) is 19.9 Å². The van der Waals surface area contributed by atoms with Gasteiger partial charge in [0, 0.05) is 30.8 Å². The smallest absolute Gasteiger partial charge is 0.251 e. The SMILES string of the molecule is CCCNC(=O)c1cccc2c1CCN2C(=O)CC. The van der Waals surface area contributed by atoms with Crippen molar-refractivity contribution in [2.75, 3.05) is 18.0 Å². The highest BCUT2D eigenvalue weighted by molar-refractivity contribution is 6.01. The second-order valence-corrected chi connectivity index (χ2v) is 4.71. The first-order valence-corrected chi connectivity index (χ1v) is 6.89. The van der Waals surface area contributed by atoms with Crippen LogP contribution >= 0.6 is 0 Å². The molecule has 4 nitrogen and oxygen atoms in total. The number of nitrogens with zero attached hydrogens (tertiary/aromatic N) is 1. The van der Waals surface area contributed by atoms with E-state index >= 15 is 0 Å². The fourth-order valence-corrected chi connectivity index (χ4v) is 2.43. The molecule has 0 atom stereocenters. The van der Waals surface area contributed by atoms with E-state index < -0.39 is 0 Å². The number of nitrogens with one attached hydrogen (secondary N) is 1. The largest absolute Gasteiger partial charge is 0.352 e. The monoisotopic (exact) mass is 260 g/mol. The zero-order valence-corrected chi connectivity index (χ0v) is 11.5. The summed E-state index contributed by atoms with van der Waals surface area (Å²) in [5.74, 6) is 0.0781. The number of benzene rings is 1. The second kappa shape index (κ2) is 5.87. The van der Waals surface area contributed by atoms with E-state index in [1.807, 2.05) is 32.0 Å². The fourth-order valence-electron chi connectivity index (χ4n) is 2.43. The number of amides is 2. The van der Waals surface area contributed by atoms with Gasteiger partial charge in [-0.05, 0) is 30.5 Å². The van der Waals surface area contributed by atoms with Crippen molar-refractivity contribution in [1.29, 1.82) is 0 Å². The molecule has 0 radical (unpaired) electrons. The summed E-state index contributed by atoms with van der Waals surface area (Å²) in [5, 5.41) is 2.89. The van der Waals surface area contributed by atoms with Crippen LogP contribution in [0.2, 0.25) is 0 Å². The number of carbonyl (C=O) groups excluding carboxylic acids is 2. The minimum absolute atomic E-state index is 0.0375. The number of anilines is 1. The van der Waals surface area contributed by atoms with Gasteiger partial charge in [-0.15, -0.1) is 0 Å². The predicted molar refractivity (Wildman–Crippen MR) is 75.4 cm³/mol. The Morgan fingerprint density at radius 1 is 1.32 bits per heavy atom. The van der Waals surface area contributed by atoms with Crippen LogP contribution in [-0.4, -0.2) is 24.9 Å². The third-order valence-corrected chi connectivity index (χ3v) is 3.41. The second-order valence-electron chi connectivity index (χ2n) is 4.71. The van der Waals surface area contributed by atoms with Crippen molar-refractivity contribution in [3.63, 3.8) is 0 Å². The zero-order valence-electron chi connectivity index (χ0n) is 11.5. The van der Waals surface area contributed by atoms with Crippen LogP contribution in [0.1, 0.15) is 42.6 Å². The molecule has 4 heteroatoms. The molecule has 0 fully saturated rings. The van der Waals surface area contributed by atoms with Gasteiger partial charge in [-0.2, -0.15) is 0 Å². The molecule has 0 bridgehead atoms. The molecule has 0 aromatic heterocycles. The average Bonchev–Trinajstić information content (AvgIpc) is 2.87. The molecule has 1 heterocycles. The van der Waals surface area contributed by atoms with E-state index in [0.29, 0.717) is 25.1 Å². The molecule has 0 spiro atoms. The summed E-state index contributed by atoms with van der Waals surface area (Å²) in [5.41, 5.74) is 2.60. The molecule has 2 amide bonds. The predicted octanol–water partition coefficient (Wildman–Crippen LogP) is 2.13. The maximum atomic E-state index is 12.1. The summed E-state index contributed by atoms with van der Waals surface area (Å²) in [6.07, 6.45) is 2.17. The van der Waals surface area contributed by atoms with Gasteiger partial charge in [0.25, 0.3) is 5.91 Å².